The van der Waals surface area contributed by atoms with Gasteiger partial charge in [-0.3, -0.25) is 9.29 Å². The Hall–Kier alpha value is -0.150. The maximum absolute atomic E-state index is 12.4. The third-order valence-corrected chi connectivity index (χ3v) is 4.07. The van der Waals surface area contributed by atoms with Crippen molar-refractivity contribution in [2.24, 2.45) is 5.41 Å². The number of alkyl halides is 1. The van der Waals surface area contributed by atoms with Gasteiger partial charge >= 0.3 is 0 Å². The number of nitrogens with one attached hydrogen (secondary N) is 1. The summed E-state index contributed by atoms with van der Waals surface area (Å²) in [6.07, 6.45) is 1.78. The largest absolute Gasteiger partial charge is 0.309 e. The number of rotatable bonds is 4. The zero-order chi connectivity index (χ0) is 13.1. The fraction of sp³-hybridized carbons (Fsp3) is 1.00. The molecule has 1 fully saturated rings. The van der Waals surface area contributed by atoms with Crippen molar-refractivity contribution in [1.29, 1.82) is 0 Å². The quantitative estimate of drug-likeness (QED) is 0.818. The summed E-state index contributed by atoms with van der Waals surface area (Å²) in [5.41, 5.74) is 0.441. The molecular formula is C14H29FN2. The van der Waals surface area contributed by atoms with Crippen molar-refractivity contribution in [2.75, 3.05) is 26.3 Å². The molecule has 0 aliphatic carbocycles. The molecule has 1 rings (SSSR count). The molecule has 0 spiro atoms. The lowest BCUT2D eigenvalue weighted by Crippen LogP contribution is -2.65. The van der Waals surface area contributed by atoms with E-state index in [1.165, 1.54) is 0 Å². The molecule has 1 aliphatic rings. The van der Waals surface area contributed by atoms with Gasteiger partial charge in [0, 0.05) is 31.2 Å². The van der Waals surface area contributed by atoms with Crippen molar-refractivity contribution < 1.29 is 4.39 Å². The van der Waals surface area contributed by atoms with E-state index < -0.39 is 0 Å². The lowest BCUT2D eigenvalue weighted by Gasteiger charge is -2.50. The summed E-state index contributed by atoms with van der Waals surface area (Å²) in [6.45, 7) is 14.0. The molecule has 17 heavy (non-hydrogen) atoms. The first-order chi connectivity index (χ1) is 7.82. The average Bonchev–Trinajstić information content (AvgIpc) is 2.25. The Labute approximate surface area is 106 Å². The minimum Gasteiger partial charge on any atom is -0.309 e. The van der Waals surface area contributed by atoms with Crippen molar-refractivity contribution in [2.45, 2.75) is 59.0 Å². The van der Waals surface area contributed by atoms with E-state index in [0.29, 0.717) is 12.5 Å². The Morgan fingerprint density at radius 3 is 2.53 bits per heavy atom. The molecule has 1 N–H and O–H groups in total. The number of halogens is 1. The Morgan fingerprint density at radius 1 is 1.41 bits per heavy atom. The van der Waals surface area contributed by atoms with Crippen LogP contribution in [0.4, 0.5) is 4.39 Å². The van der Waals surface area contributed by atoms with E-state index in [1.807, 2.05) is 0 Å². The second-order valence-electron chi connectivity index (χ2n) is 6.69. The molecule has 0 aromatic carbocycles. The highest BCUT2D eigenvalue weighted by Crippen LogP contribution is 2.29. The Balaban J connectivity index is 2.72. The van der Waals surface area contributed by atoms with E-state index >= 15 is 0 Å². The summed E-state index contributed by atoms with van der Waals surface area (Å²) in [6, 6.07) is 0.508. The molecule has 0 bridgehead atoms. The highest BCUT2D eigenvalue weighted by molar-refractivity contribution is 4.98. The monoisotopic (exact) mass is 244 g/mol. The summed E-state index contributed by atoms with van der Waals surface area (Å²) < 4.78 is 12.4. The molecule has 2 atom stereocenters. The predicted molar refractivity (Wildman–Crippen MR) is 72.1 cm³/mol. The van der Waals surface area contributed by atoms with Crippen LogP contribution in [0.3, 0.4) is 0 Å². The second-order valence-corrected chi connectivity index (χ2v) is 6.69. The van der Waals surface area contributed by atoms with Gasteiger partial charge in [-0.25, -0.2) is 0 Å². The van der Waals surface area contributed by atoms with Crippen LogP contribution < -0.4 is 5.32 Å². The van der Waals surface area contributed by atoms with Crippen LogP contribution in [0.15, 0.2) is 0 Å². The molecule has 0 aromatic rings. The first-order valence-corrected chi connectivity index (χ1v) is 6.87. The lowest BCUT2D eigenvalue weighted by atomic mass is 9.81. The topological polar surface area (TPSA) is 15.3 Å². The van der Waals surface area contributed by atoms with Crippen LogP contribution in [0.25, 0.3) is 0 Å². The highest BCUT2D eigenvalue weighted by atomic mass is 19.1. The van der Waals surface area contributed by atoms with E-state index in [2.05, 4.69) is 44.8 Å². The summed E-state index contributed by atoms with van der Waals surface area (Å²) >= 11 is 0. The average molecular weight is 244 g/mol. The molecule has 1 aliphatic heterocycles. The zero-order valence-corrected chi connectivity index (χ0v) is 12.1. The maximum Gasteiger partial charge on any atom is 0.0906 e. The maximum atomic E-state index is 12.4. The smallest absolute Gasteiger partial charge is 0.0906 e. The van der Waals surface area contributed by atoms with Gasteiger partial charge in [0.1, 0.15) is 0 Å². The van der Waals surface area contributed by atoms with Crippen molar-refractivity contribution in [1.82, 2.24) is 10.2 Å². The highest BCUT2D eigenvalue weighted by Gasteiger charge is 2.39. The molecule has 2 nitrogen and oxygen atoms in total. The summed E-state index contributed by atoms with van der Waals surface area (Å²) in [5, 5.41) is 3.67. The van der Waals surface area contributed by atoms with Gasteiger partial charge in [0.2, 0.25) is 0 Å². The van der Waals surface area contributed by atoms with Crippen LogP contribution in [0.1, 0.15) is 47.5 Å². The minimum atomic E-state index is -0.205. The SMILES string of the molecule is CCC1(C)CN(CCCF)C(C(C)(C)C)CN1. The van der Waals surface area contributed by atoms with E-state index in [0.717, 1.165) is 26.1 Å². The van der Waals surface area contributed by atoms with Gasteiger partial charge < -0.3 is 5.32 Å². The van der Waals surface area contributed by atoms with Crippen LogP contribution in [0.5, 0.6) is 0 Å². The van der Waals surface area contributed by atoms with Gasteiger partial charge in [-0.05, 0) is 25.2 Å². The van der Waals surface area contributed by atoms with Crippen LogP contribution in [-0.4, -0.2) is 42.8 Å². The predicted octanol–water partition coefficient (Wildman–Crippen LogP) is 2.83. The van der Waals surface area contributed by atoms with Crippen molar-refractivity contribution in [3.8, 4) is 0 Å². The van der Waals surface area contributed by atoms with Crippen molar-refractivity contribution >= 4 is 0 Å². The van der Waals surface area contributed by atoms with E-state index in [-0.39, 0.29) is 17.6 Å². The first-order valence-electron chi connectivity index (χ1n) is 6.87. The summed E-state index contributed by atoms with van der Waals surface area (Å²) in [5.74, 6) is 0. The Kier molecular flexibility index (Phi) is 4.96. The van der Waals surface area contributed by atoms with E-state index in [4.69, 9.17) is 0 Å². The second kappa shape index (κ2) is 5.66. The number of hydrogen-bond acceptors (Lipinski definition) is 2. The third kappa shape index (κ3) is 3.92. The van der Waals surface area contributed by atoms with Crippen LogP contribution >= 0.6 is 0 Å². The molecule has 2 unspecified atom stereocenters. The van der Waals surface area contributed by atoms with Gasteiger partial charge in [-0.1, -0.05) is 27.7 Å². The fourth-order valence-electron chi connectivity index (χ4n) is 2.67. The van der Waals surface area contributed by atoms with Gasteiger partial charge in [0.25, 0.3) is 0 Å². The van der Waals surface area contributed by atoms with Crippen LogP contribution in [0.2, 0.25) is 0 Å². The number of hydrogen-bond donors (Lipinski definition) is 1. The normalized spacial score (nSPS) is 31.8. The molecule has 102 valence electrons. The first kappa shape index (κ1) is 14.9. The summed E-state index contributed by atoms with van der Waals surface area (Å²) in [4.78, 5) is 2.49. The van der Waals surface area contributed by atoms with Crippen LogP contribution in [0, 0.1) is 5.41 Å². The standard InChI is InChI=1S/C14H29FN2/c1-6-14(5)11-17(9-7-8-15)12(10-16-14)13(2,3)4/h12,16H,6-11H2,1-5H3. The van der Waals surface area contributed by atoms with Gasteiger partial charge in [0.15, 0.2) is 0 Å². The summed E-state index contributed by atoms with van der Waals surface area (Å²) in [7, 11) is 0. The van der Waals surface area contributed by atoms with Gasteiger partial charge in [-0.2, -0.15) is 0 Å². The van der Waals surface area contributed by atoms with Crippen LogP contribution in [-0.2, 0) is 0 Å². The minimum absolute atomic E-state index is 0.193. The molecule has 0 radical (unpaired) electrons. The molecule has 0 amide bonds. The number of nitrogens with zero attached hydrogens (tertiary/aromatic N) is 1. The lowest BCUT2D eigenvalue weighted by molar-refractivity contribution is 0.0245. The molecular weight excluding hydrogens is 215 g/mol. The molecule has 0 aromatic heterocycles. The molecule has 1 saturated heterocycles. The number of piperazine rings is 1. The fourth-order valence-corrected chi connectivity index (χ4v) is 2.67. The van der Waals surface area contributed by atoms with Gasteiger partial charge in [-0.15, -0.1) is 0 Å². The molecule has 3 heteroatoms. The Bertz CT molecular complexity index is 237. The third-order valence-electron chi connectivity index (χ3n) is 4.07. The van der Waals surface area contributed by atoms with Crippen molar-refractivity contribution in [3.05, 3.63) is 0 Å². The van der Waals surface area contributed by atoms with Crippen molar-refractivity contribution in [3.63, 3.8) is 0 Å². The van der Waals surface area contributed by atoms with Gasteiger partial charge in [0.05, 0.1) is 6.67 Å². The molecule has 0 saturated carbocycles. The van der Waals surface area contributed by atoms with E-state index in [9.17, 15) is 4.39 Å². The zero-order valence-electron chi connectivity index (χ0n) is 12.1. The molecule has 1 heterocycles. The Morgan fingerprint density at radius 2 is 2.06 bits per heavy atom. The van der Waals surface area contributed by atoms with E-state index in [1.54, 1.807) is 0 Å².